The van der Waals surface area contributed by atoms with E-state index in [1.807, 2.05) is 26.0 Å². The van der Waals surface area contributed by atoms with Crippen LogP contribution in [0.1, 0.15) is 84.8 Å². The first-order valence-corrected chi connectivity index (χ1v) is 19.3. The summed E-state index contributed by atoms with van der Waals surface area (Å²) >= 11 is 0. The average molecular weight is 779 g/mol. The minimum Gasteiger partial charge on any atom is -0.461 e. The monoisotopic (exact) mass is 778 g/mol. The van der Waals surface area contributed by atoms with E-state index in [4.69, 9.17) is 9.47 Å². The molecular weight excluding hydrogens is 720 g/mol. The van der Waals surface area contributed by atoms with Gasteiger partial charge in [0.2, 0.25) is 23.6 Å². The Morgan fingerprint density at radius 2 is 1.11 bits per heavy atom. The Morgan fingerprint density at radius 3 is 1.62 bits per heavy atom. The van der Waals surface area contributed by atoms with Gasteiger partial charge in [-0.1, -0.05) is 88.4 Å². The fraction of sp³-hybridized carbons (Fsp3) is 0.537. The molecule has 0 aliphatic carbocycles. The van der Waals surface area contributed by atoms with Crippen LogP contribution in [0.3, 0.4) is 0 Å². The molecule has 0 unspecified atom stereocenters. The third kappa shape index (κ3) is 15.7. The Labute approximate surface area is 329 Å². The number of rotatable bonds is 20. The second-order valence-electron chi connectivity index (χ2n) is 15.0. The van der Waals surface area contributed by atoms with Crippen molar-refractivity contribution in [3.8, 4) is 0 Å². The number of urea groups is 1. The van der Waals surface area contributed by atoms with Crippen molar-refractivity contribution in [3.63, 3.8) is 0 Å². The molecule has 5 N–H and O–H groups in total. The standard InChI is InChI=1S/C41H58N6O9/c1-26(2)21-33(40(53)56-25-30-17-11-8-12-18-30)45-38(51)32(23-35(49)55-24-29-15-9-7-10-16-29)43-37(50)31(22-34(48)47-19-13-14-20-47)44-39(52)36(27(3)4)46-41(54)42-28(5)6/h7-12,15-18,26-28,31-33,36H,13-14,19-25H2,1-6H3,(H,43,50)(H,44,52)(H,45,51)(H2,42,46,54)/t31-,32-,33-,36-/m0/s1. The van der Waals surface area contributed by atoms with E-state index < -0.39 is 84.5 Å². The molecule has 4 atom stereocenters. The van der Waals surface area contributed by atoms with Gasteiger partial charge in [-0.25, -0.2) is 9.59 Å². The highest BCUT2D eigenvalue weighted by atomic mass is 16.5. The summed E-state index contributed by atoms with van der Waals surface area (Å²) in [5, 5.41) is 13.1. The number of ether oxygens (including phenoxy) is 2. The number of esters is 2. The molecule has 15 nitrogen and oxygen atoms in total. The van der Waals surface area contributed by atoms with Crippen LogP contribution in [0.4, 0.5) is 4.79 Å². The van der Waals surface area contributed by atoms with E-state index in [1.54, 1.807) is 81.1 Å². The summed E-state index contributed by atoms with van der Waals surface area (Å²) in [5.41, 5.74) is 1.44. The summed E-state index contributed by atoms with van der Waals surface area (Å²) in [7, 11) is 0. The highest BCUT2D eigenvalue weighted by Crippen LogP contribution is 2.14. The lowest BCUT2D eigenvalue weighted by Crippen LogP contribution is -2.60. The highest BCUT2D eigenvalue weighted by Gasteiger charge is 2.36. The van der Waals surface area contributed by atoms with Crippen LogP contribution in [0, 0.1) is 11.8 Å². The second kappa shape index (κ2) is 22.8. The molecule has 2 aromatic carbocycles. The Kier molecular flexibility index (Phi) is 18.3. The maximum Gasteiger partial charge on any atom is 0.328 e. The number of carbonyl (C=O) groups is 7. The zero-order valence-corrected chi connectivity index (χ0v) is 33.3. The molecular formula is C41H58N6O9. The van der Waals surface area contributed by atoms with E-state index in [-0.39, 0.29) is 31.6 Å². The van der Waals surface area contributed by atoms with Crippen LogP contribution in [0.25, 0.3) is 0 Å². The Morgan fingerprint density at radius 1 is 0.607 bits per heavy atom. The zero-order valence-electron chi connectivity index (χ0n) is 33.3. The van der Waals surface area contributed by atoms with E-state index in [0.717, 1.165) is 18.4 Å². The maximum atomic E-state index is 14.1. The van der Waals surface area contributed by atoms with E-state index >= 15 is 0 Å². The van der Waals surface area contributed by atoms with Gasteiger partial charge >= 0.3 is 18.0 Å². The molecule has 1 fully saturated rings. The molecule has 3 rings (SSSR count). The van der Waals surface area contributed by atoms with Crippen molar-refractivity contribution in [1.29, 1.82) is 0 Å². The Balaban J connectivity index is 1.87. The number of nitrogens with zero attached hydrogens (tertiary/aromatic N) is 1. The fourth-order valence-corrected chi connectivity index (χ4v) is 5.95. The third-order valence-electron chi connectivity index (χ3n) is 8.90. The van der Waals surface area contributed by atoms with Crippen molar-refractivity contribution >= 4 is 41.6 Å². The molecule has 56 heavy (non-hydrogen) atoms. The zero-order chi connectivity index (χ0) is 41.2. The minimum atomic E-state index is -1.58. The summed E-state index contributed by atoms with van der Waals surface area (Å²) in [6, 6.07) is 11.8. The lowest BCUT2D eigenvalue weighted by molar-refractivity contribution is -0.150. The molecule has 1 saturated heterocycles. The number of hydrogen-bond acceptors (Lipinski definition) is 9. The summed E-state index contributed by atoms with van der Waals surface area (Å²) < 4.78 is 11.0. The molecule has 2 aromatic rings. The molecule has 1 heterocycles. The maximum absolute atomic E-state index is 14.1. The molecule has 306 valence electrons. The van der Waals surface area contributed by atoms with Crippen LogP contribution < -0.4 is 26.6 Å². The van der Waals surface area contributed by atoms with Gasteiger partial charge < -0.3 is 41.0 Å². The molecule has 0 bridgehead atoms. The van der Waals surface area contributed by atoms with Crippen LogP contribution in [0.5, 0.6) is 0 Å². The van der Waals surface area contributed by atoms with Gasteiger partial charge in [-0.05, 0) is 56.1 Å². The van der Waals surface area contributed by atoms with E-state index in [2.05, 4.69) is 26.6 Å². The summed E-state index contributed by atoms with van der Waals surface area (Å²) in [4.78, 5) is 95.8. The lowest BCUT2D eigenvalue weighted by Gasteiger charge is -2.28. The molecule has 0 saturated carbocycles. The Bertz CT molecular complexity index is 1610. The van der Waals surface area contributed by atoms with Crippen molar-refractivity contribution < 1.29 is 43.0 Å². The number of likely N-dealkylation sites (tertiary alicyclic amines) is 1. The minimum absolute atomic E-state index is 0.0338. The average Bonchev–Trinajstić information content (AvgIpc) is 3.70. The largest absolute Gasteiger partial charge is 0.461 e. The van der Waals surface area contributed by atoms with Gasteiger partial charge in [-0.3, -0.25) is 24.0 Å². The smallest absolute Gasteiger partial charge is 0.328 e. The SMILES string of the molecule is CC(C)C[C@H](NC(=O)[C@H](CC(=O)OCc1ccccc1)NC(=O)[C@H](CC(=O)N1CCCC1)NC(=O)[C@@H](NC(=O)NC(C)C)C(C)C)C(=O)OCc1ccccc1. The number of hydrogen-bond donors (Lipinski definition) is 5. The fourth-order valence-electron chi connectivity index (χ4n) is 5.95. The first-order chi connectivity index (χ1) is 26.6. The van der Waals surface area contributed by atoms with Crippen molar-refractivity contribution in [2.24, 2.45) is 11.8 Å². The first kappa shape index (κ1) is 44.9. The molecule has 1 aliphatic heterocycles. The van der Waals surface area contributed by atoms with Crippen LogP contribution in [0.15, 0.2) is 60.7 Å². The van der Waals surface area contributed by atoms with Gasteiger partial charge in [0, 0.05) is 19.1 Å². The number of carbonyl (C=O) groups excluding carboxylic acids is 7. The van der Waals surface area contributed by atoms with E-state index in [0.29, 0.717) is 18.7 Å². The van der Waals surface area contributed by atoms with Gasteiger partial charge in [-0.2, -0.15) is 0 Å². The lowest BCUT2D eigenvalue weighted by atomic mass is 10.0. The van der Waals surface area contributed by atoms with Crippen molar-refractivity contribution in [2.45, 2.75) is 117 Å². The van der Waals surface area contributed by atoms with Gasteiger partial charge in [-0.15, -0.1) is 0 Å². The predicted octanol–water partition coefficient (Wildman–Crippen LogP) is 3.11. The molecule has 0 spiro atoms. The number of amides is 6. The van der Waals surface area contributed by atoms with Gasteiger partial charge in [0.15, 0.2) is 0 Å². The summed E-state index contributed by atoms with van der Waals surface area (Å²) in [5.74, 6) is -4.93. The first-order valence-electron chi connectivity index (χ1n) is 19.3. The molecule has 0 radical (unpaired) electrons. The quantitative estimate of drug-likeness (QED) is 0.125. The van der Waals surface area contributed by atoms with E-state index in [9.17, 15) is 33.6 Å². The number of benzene rings is 2. The van der Waals surface area contributed by atoms with Crippen LogP contribution in [-0.4, -0.2) is 89.8 Å². The number of nitrogens with one attached hydrogen (secondary N) is 5. The van der Waals surface area contributed by atoms with Crippen LogP contribution in [0.2, 0.25) is 0 Å². The van der Waals surface area contributed by atoms with Gasteiger partial charge in [0.05, 0.1) is 12.8 Å². The predicted molar refractivity (Wildman–Crippen MR) is 208 cm³/mol. The van der Waals surface area contributed by atoms with Crippen LogP contribution in [-0.2, 0) is 51.5 Å². The third-order valence-corrected chi connectivity index (χ3v) is 8.90. The van der Waals surface area contributed by atoms with Crippen LogP contribution >= 0.6 is 0 Å². The van der Waals surface area contributed by atoms with Gasteiger partial charge in [0.1, 0.15) is 37.4 Å². The normalized spacial score (nSPS) is 14.6. The van der Waals surface area contributed by atoms with Gasteiger partial charge in [0.25, 0.3) is 0 Å². The second-order valence-corrected chi connectivity index (χ2v) is 15.0. The Hall–Kier alpha value is -5.47. The molecule has 0 aromatic heterocycles. The molecule has 15 heteroatoms. The van der Waals surface area contributed by atoms with Crippen molar-refractivity contribution in [3.05, 3.63) is 71.8 Å². The van der Waals surface area contributed by atoms with Crippen molar-refractivity contribution in [1.82, 2.24) is 31.5 Å². The van der Waals surface area contributed by atoms with Crippen molar-refractivity contribution in [2.75, 3.05) is 13.1 Å². The summed E-state index contributed by atoms with van der Waals surface area (Å²) in [6.45, 7) is 11.5. The van der Waals surface area contributed by atoms with E-state index in [1.165, 1.54) is 0 Å². The highest BCUT2D eigenvalue weighted by molar-refractivity contribution is 5.98. The molecule has 1 aliphatic rings. The topological polar surface area (TPSA) is 201 Å². The molecule has 6 amide bonds. The summed E-state index contributed by atoms with van der Waals surface area (Å²) in [6.07, 6.45) is 0.685.